The second kappa shape index (κ2) is 7.34. The molecule has 21 heavy (non-hydrogen) atoms. The van der Waals surface area contributed by atoms with Gasteiger partial charge in [-0.05, 0) is 44.9 Å². The number of phenolic OH excluding ortho intramolecular Hbond substituents is 1. The van der Waals surface area contributed by atoms with Crippen LogP contribution in [0.15, 0.2) is 36.0 Å². The SMILES string of the molecule is CC(C)(C)NC(=O)/C(C#N)=C\NCCc1ccc(O)cc1. The van der Waals surface area contributed by atoms with Crippen LogP contribution in [0.1, 0.15) is 26.3 Å². The summed E-state index contributed by atoms with van der Waals surface area (Å²) >= 11 is 0. The first-order valence-corrected chi connectivity index (χ1v) is 6.76. The van der Waals surface area contributed by atoms with Crippen LogP contribution in [0.2, 0.25) is 0 Å². The molecule has 1 amide bonds. The first-order chi connectivity index (χ1) is 9.81. The maximum Gasteiger partial charge on any atom is 0.263 e. The number of benzene rings is 1. The van der Waals surface area contributed by atoms with Gasteiger partial charge < -0.3 is 15.7 Å². The predicted octanol–water partition coefficient (Wildman–Crippen LogP) is 1.85. The van der Waals surface area contributed by atoms with Crippen molar-refractivity contribution in [3.05, 3.63) is 41.6 Å². The normalized spacial score (nSPS) is 11.6. The lowest BCUT2D eigenvalue weighted by atomic mass is 10.1. The van der Waals surface area contributed by atoms with Gasteiger partial charge >= 0.3 is 0 Å². The largest absolute Gasteiger partial charge is 0.508 e. The van der Waals surface area contributed by atoms with Gasteiger partial charge in [-0.2, -0.15) is 5.26 Å². The molecule has 0 aliphatic rings. The Labute approximate surface area is 125 Å². The number of nitrogens with zero attached hydrogens (tertiary/aromatic N) is 1. The molecular formula is C16H21N3O2. The minimum absolute atomic E-state index is 0.0515. The van der Waals surface area contributed by atoms with Gasteiger partial charge in [0, 0.05) is 18.3 Å². The minimum atomic E-state index is -0.387. The second-order valence-electron chi connectivity index (χ2n) is 5.74. The molecule has 0 atom stereocenters. The average Bonchev–Trinajstić information content (AvgIpc) is 2.38. The Morgan fingerprint density at radius 3 is 2.48 bits per heavy atom. The van der Waals surface area contributed by atoms with Crippen molar-refractivity contribution in [2.45, 2.75) is 32.7 Å². The van der Waals surface area contributed by atoms with Crippen molar-refractivity contribution in [3.8, 4) is 11.8 Å². The van der Waals surface area contributed by atoms with Gasteiger partial charge in [0.05, 0.1) is 0 Å². The fourth-order valence-corrected chi connectivity index (χ4v) is 1.61. The molecule has 0 bridgehead atoms. The molecule has 0 saturated heterocycles. The number of aromatic hydroxyl groups is 1. The van der Waals surface area contributed by atoms with Gasteiger partial charge in [-0.1, -0.05) is 12.1 Å². The van der Waals surface area contributed by atoms with Crippen molar-refractivity contribution in [1.29, 1.82) is 5.26 Å². The van der Waals surface area contributed by atoms with Crippen molar-refractivity contribution in [3.63, 3.8) is 0 Å². The van der Waals surface area contributed by atoms with E-state index in [1.54, 1.807) is 12.1 Å². The van der Waals surface area contributed by atoms with Crippen LogP contribution in [-0.2, 0) is 11.2 Å². The number of carbonyl (C=O) groups excluding carboxylic acids is 1. The zero-order valence-electron chi connectivity index (χ0n) is 12.6. The third kappa shape index (κ3) is 6.48. The number of nitrogens with one attached hydrogen (secondary N) is 2. The molecule has 0 aliphatic carbocycles. The van der Waals surface area contributed by atoms with E-state index >= 15 is 0 Å². The Morgan fingerprint density at radius 2 is 1.95 bits per heavy atom. The van der Waals surface area contributed by atoms with Gasteiger partial charge in [0.25, 0.3) is 5.91 Å². The average molecular weight is 287 g/mol. The van der Waals surface area contributed by atoms with E-state index in [-0.39, 0.29) is 22.8 Å². The standard InChI is InChI=1S/C16H21N3O2/c1-16(2,3)19-15(21)13(10-17)11-18-9-8-12-4-6-14(20)7-5-12/h4-7,11,18,20H,8-9H2,1-3H3,(H,19,21)/b13-11-. The molecule has 0 heterocycles. The summed E-state index contributed by atoms with van der Waals surface area (Å²) in [5.41, 5.74) is 0.737. The zero-order valence-corrected chi connectivity index (χ0v) is 12.6. The van der Waals surface area contributed by atoms with E-state index < -0.39 is 0 Å². The summed E-state index contributed by atoms with van der Waals surface area (Å²) < 4.78 is 0. The number of nitriles is 1. The Kier molecular flexibility index (Phi) is 5.79. The summed E-state index contributed by atoms with van der Waals surface area (Å²) in [6, 6.07) is 8.80. The zero-order chi connectivity index (χ0) is 15.9. The van der Waals surface area contributed by atoms with Crippen LogP contribution in [0.5, 0.6) is 5.75 Å². The highest BCUT2D eigenvalue weighted by Crippen LogP contribution is 2.09. The van der Waals surface area contributed by atoms with Gasteiger partial charge in [0.2, 0.25) is 0 Å². The van der Waals surface area contributed by atoms with Crippen molar-refractivity contribution in [2.24, 2.45) is 0 Å². The minimum Gasteiger partial charge on any atom is -0.508 e. The number of hydrogen-bond donors (Lipinski definition) is 3. The second-order valence-corrected chi connectivity index (χ2v) is 5.74. The number of carbonyl (C=O) groups is 1. The molecule has 1 aromatic rings. The maximum absolute atomic E-state index is 11.8. The van der Waals surface area contributed by atoms with Gasteiger partial charge in [-0.3, -0.25) is 4.79 Å². The monoisotopic (exact) mass is 287 g/mol. The van der Waals surface area contributed by atoms with Crippen molar-refractivity contribution >= 4 is 5.91 Å². The molecule has 0 saturated carbocycles. The molecule has 0 aliphatic heterocycles. The highest BCUT2D eigenvalue weighted by Gasteiger charge is 2.16. The van der Waals surface area contributed by atoms with Crippen molar-refractivity contribution in [1.82, 2.24) is 10.6 Å². The molecule has 5 heteroatoms. The van der Waals surface area contributed by atoms with Crippen LogP contribution < -0.4 is 10.6 Å². The van der Waals surface area contributed by atoms with E-state index in [9.17, 15) is 9.90 Å². The molecule has 112 valence electrons. The van der Waals surface area contributed by atoms with E-state index in [1.165, 1.54) is 6.20 Å². The summed E-state index contributed by atoms with van der Waals surface area (Å²) in [5, 5.41) is 23.9. The quantitative estimate of drug-likeness (QED) is 0.438. The van der Waals surface area contributed by atoms with Crippen LogP contribution in [0.3, 0.4) is 0 Å². The Hall–Kier alpha value is -2.48. The first kappa shape index (κ1) is 16.6. The van der Waals surface area contributed by atoms with E-state index in [2.05, 4.69) is 10.6 Å². The van der Waals surface area contributed by atoms with Gasteiger partial charge in [0.1, 0.15) is 17.4 Å². The third-order valence-electron chi connectivity index (χ3n) is 2.59. The van der Waals surface area contributed by atoms with Crippen LogP contribution in [0.4, 0.5) is 0 Å². The summed E-state index contributed by atoms with van der Waals surface area (Å²) in [4.78, 5) is 11.8. The number of rotatable bonds is 5. The van der Waals surface area contributed by atoms with Crippen LogP contribution >= 0.6 is 0 Å². The summed E-state index contributed by atoms with van der Waals surface area (Å²) in [7, 11) is 0. The highest BCUT2D eigenvalue weighted by atomic mass is 16.3. The molecule has 3 N–H and O–H groups in total. The highest BCUT2D eigenvalue weighted by molar-refractivity contribution is 5.97. The molecule has 1 aromatic carbocycles. The summed E-state index contributed by atoms with van der Waals surface area (Å²) in [6.45, 7) is 6.17. The van der Waals surface area contributed by atoms with Gasteiger partial charge in [-0.25, -0.2) is 0 Å². The lowest BCUT2D eigenvalue weighted by molar-refractivity contribution is -0.118. The lowest BCUT2D eigenvalue weighted by Crippen LogP contribution is -2.41. The lowest BCUT2D eigenvalue weighted by Gasteiger charge is -2.20. The van der Waals surface area contributed by atoms with Crippen LogP contribution in [0, 0.1) is 11.3 Å². The van der Waals surface area contributed by atoms with Gasteiger partial charge in [-0.15, -0.1) is 0 Å². The molecule has 5 nitrogen and oxygen atoms in total. The maximum atomic E-state index is 11.8. The third-order valence-corrected chi connectivity index (χ3v) is 2.59. The Bertz CT molecular complexity index is 548. The molecule has 0 aromatic heterocycles. The molecule has 0 fully saturated rings. The summed E-state index contributed by atoms with van der Waals surface area (Å²) in [5.74, 6) is -0.153. The summed E-state index contributed by atoms with van der Waals surface area (Å²) in [6.07, 6.45) is 2.16. The first-order valence-electron chi connectivity index (χ1n) is 6.76. The molecular weight excluding hydrogens is 266 g/mol. The van der Waals surface area contributed by atoms with Crippen molar-refractivity contribution in [2.75, 3.05) is 6.54 Å². The predicted molar refractivity (Wildman–Crippen MR) is 81.4 cm³/mol. The van der Waals surface area contributed by atoms with E-state index in [0.717, 1.165) is 12.0 Å². The van der Waals surface area contributed by atoms with Gasteiger partial charge in [0.15, 0.2) is 0 Å². The topological polar surface area (TPSA) is 85.2 Å². The van der Waals surface area contributed by atoms with Crippen molar-refractivity contribution < 1.29 is 9.90 Å². The fraction of sp³-hybridized carbons (Fsp3) is 0.375. The number of phenols is 1. The van der Waals surface area contributed by atoms with Crippen LogP contribution in [-0.4, -0.2) is 23.1 Å². The van der Waals surface area contributed by atoms with Crippen LogP contribution in [0.25, 0.3) is 0 Å². The Morgan fingerprint density at radius 1 is 1.33 bits per heavy atom. The van der Waals surface area contributed by atoms with E-state index in [4.69, 9.17) is 5.26 Å². The number of amides is 1. The molecule has 1 rings (SSSR count). The Balaban J connectivity index is 2.48. The smallest absolute Gasteiger partial charge is 0.263 e. The molecule has 0 spiro atoms. The van der Waals surface area contributed by atoms with E-state index in [1.807, 2.05) is 39.0 Å². The molecule has 0 unspecified atom stereocenters. The van der Waals surface area contributed by atoms with E-state index in [0.29, 0.717) is 6.54 Å². The number of hydrogen-bond acceptors (Lipinski definition) is 4. The molecule has 0 radical (unpaired) electrons. The fourth-order valence-electron chi connectivity index (χ4n) is 1.61.